The van der Waals surface area contributed by atoms with Crippen LogP contribution in [0.25, 0.3) is 0 Å². The van der Waals surface area contributed by atoms with Crippen molar-refractivity contribution in [3.05, 3.63) is 53.3 Å². The number of rotatable bonds is 5. The Hall–Kier alpha value is -2.14. The van der Waals surface area contributed by atoms with E-state index in [1.54, 1.807) is 7.11 Å². The number of amides is 1. The Kier molecular flexibility index (Phi) is 5.00. The highest BCUT2D eigenvalue weighted by Crippen LogP contribution is 2.26. The molecule has 128 valence electrons. The van der Waals surface area contributed by atoms with Gasteiger partial charge in [0.25, 0.3) is 5.91 Å². The molecule has 0 N–H and O–H groups in total. The summed E-state index contributed by atoms with van der Waals surface area (Å²) >= 11 is 0. The molecule has 0 radical (unpaired) electrons. The lowest BCUT2D eigenvalue weighted by molar-refractivity contribution is -0.143. The number of benzene rings is 1. The van der Waals surface area contributed by atoms with Crippen LogP contribution in [0.1, 0.15) is 35.9 Å². The van der Waals surface area contributed by atoms with Crippen LogP contribution in [0.5, 0.6) is 0 Å². The molecule has 2 heterocycles. The van der Waals surface area contributed by atoms with E-state index in [1.165, 1.54) is 0 Å². The Balaban J connectivity index is 1.76. The summed E-state index contributed by atoms with van der Waals surface area (Å²) in [5, 5.41) is 4.54. The van der Waals surface area contributed by atoms with E-state index in [2.05, 4.69) is 18.1 Å². The number of likely N-dealkylation sites (tertiary alicyclic amines) is 1. The number of hydrogen-bond acceptors (Lipinski definition) is 3. The molecule has 1 saturated heterocycles. The molecule has 0 saturated carbocycles. The van der Waals surface area contributed by atoms with Crippen LogP contribution in [0.4, 0.5) is 0 Å². The highest BCUT2D eigenvalue weighted by molar-refractivity contribution is 5.83. The molecule has 2 aromatic rings. The first-order valence-corrected chi connectivity index (χ1v) is 8.49. The minimum Gasteiger partial charge on any atom is -0.367 e. The minimum atomic E-state index is -0.535. The van der Waals surface area contributed by atoms with Gasteiger partial charge >= 0.3 is 0 Å². The Morgan fingerprint density at radius 3 is 2.71 bits per heavy atom. The molecule has 0 spiro atoms. The lowest BCUT2D eigenvalue weighted by Gasteiger charge is -2.28. The summed E-state index contributed by atoms with van der Waals surface area (Å²) in [6.07, 6.45) is 1.50. The molecular weight excluding hydrogens is 302 g/mol. The molecule has 1 aliphatic rings. The number of methoxy groups -OCH3 is 1. The summed E-state index contributed by atoms with van der Waals surface area (Å²) < 4.78 is 7.53. The third-order valence-electron chi connectivity index (χ3n) is 4.71. The van der Waals surface area contributed by atoms with E-state index in [0.29, 0.717) is 0 Å². The van der Waals surface area contributed by atoms with Crippen molar-refractivity contribution in [2.45, 2.75) is 45.4 Å². The molecule has 1 aliphatic heterocycles. The molecule has 5 nitrogen and oxygen atoms in total. The first kappa shape index (κ1) is 16.7. The monoisotopic (exact) mass is 327 g/mol. The van der Waals surface area contributed by atoms with Gasteiger partial charge in [-0.1, -0.05) is 30.3 Å². The van der Waals surface area contributed by atoms with Crippen molar-refractivity contribution >= 4 is 5.91 Å². The molecule has 0 aliphatic carbocycles. The zero-order valence-corrected chi connectivity index (χ0v) is 14.6. The zero-order chi connectivity index (χ0) is 17.1. The highest BCUT2D eigenvalue weighted by Gasteiger charge is 2.34. The Bertz CT molecular complexity index is 696. The second kappa shape index (κ2) is 7.18. The van der Waals surface area contributed by atoms with Crippen LogP contribution >= 0.6 is 0 Å². The van der Waals surface area contributed by atoms with Crippen molar-refractivity contribution < 1.29 is 9.53 Å². The second-order valence-electron chi connectivity index (χ2n) is 6.46. The van der Waals surface area contributed by atoms with Gasteiger partial charge in [-0.2, -0.15) is 5.10 Å². The quantitative estimate of drug-likeness (QED) is 0.848. The molecule has 1 aromatic carbocycles. The number of ether oxygens (including phenoxy) is 1. The largest absolute Gasteiger partial charge is 0.367 e. The lowest BCUT2D eigenvalue weighted by Crippen LogP contribution is -2.41. The third kappa shape index (κ3) is 3.36. The van der Waals surface area contributed by atoms with Crippen LogP contribution < -0.4 is 0 Å². The first-order valence-electron chi connectivity index (χ1n) is 8.49. The van der Waals surface area contributed by atoms with Gasteiger partial charge < -0.3 is 9.64 Å². The van der Waals surface area contributed by atoms with Crippen molar-refractivity contribution in [3.8, 4) is 0 Å². The Morgan fingerprint density at radius 2 is 2.08 bits per heavy atom. The summed E-state index contributed by atoms with van der Waals surface area (Å²) in [6.45, 7) is 5.59. The fourth-order valence-electron chi connectivity index (χ4n) is 3.53. The van der Waals surface area contributed by atoms with E-state index in [4.69, 9.17) is 4.74 Å². The topological polar surface area (TPSA) is 47.4 Å². The molecular formula is C19H25N3O2. The average Bonchev–Trinajstić information content (AvgIpc) is 3.16. The Labute approximate surface area is 143 Å². The summed E-state index contributed by atoms with van der Waals surface area (Å²) in [4.78, 5) is 15.0. The summed E-state index contributed by atoms with van der Waals surface area (Å²) in [5.74, 6) is 0.0488. The van der Waals surface area contributed by atoms with Gasteiger partial charge in [-0.3, -0.25) is 9.48 Å². The highest BCUT2D eigenvalue weighted by atomic mass is 16.5. The number of aryl methyl sites for hydroxylation is 2. The fraction of sp³-hybridized carbons (Fsp3) is 0.474. The van der Waals surface area contributed by atoms with Gasteiger partial charge in [-0.15, -0.1) is 0 Å². The van der Waals surface area contributed by atoms with Crippen LogP contribution in [0.3, 0.4) is 0 Å². The van der Waals surface area contributed by atoms with Crippen molar-refractivity contribution in [2.24, 2.45) is 0 Å². The van der Waals surface area contributed by atoms with Crippen molar-refractivity contribution in [1.29, 1.82) is 0 Å². The summed E-state index contributed by atoms with van der Waals surface area (Å²) in [5.41, 5.74) is 3.06. The van der Waals surface area contributed by atoms with Gasteiger partial charge in [0.2, 0.25) is 0 Å². The number of hydrogen-bond donors (Lipinski definition) is 0. The lowest BCUT2D eigenvalue weighted by atomic mass is 10.1. The molecule has 0 bridgehead atoms. The van der Waals surface area contributed by atoms with Gasteiger partial charge in [0.1, 0.15) is 0 Å². The SMILES string of the molecule is CO[C@@H](C(=O)N1CCC[C@H]1Cn1nc(C)cc1C)c1ccccc1. The molecule has 1 aromatic heterocycles. The maximum absolute atomic E-state index is 13.0. The predicted molar refractivity (Wildman–Crippen MR) is 92.6 cm³/mol. The van der Waals surface area contributed by atoms with Gasteiger partial charge in [0.15, 0.2) is 6.10 Å². The van der Waals surface area contributed by atoms with Gasteiger partial charge in [0, 0.05) is 19.3 Å². The summed E-state index contributed by atoms with van der Waals surface area (Å²) in [7, 11) is 1.60. The maximum Gasteiger partial charge on any atom is 0.256 e. The van der Waals surface area contributed by atoms with Crippen LogP contribution in [-0.2, 0) is 16.1 Å². The Morgan fingerprint density at radius 1 is 1.33 bits per heavy atom. The zero-order valence-electron chi connectivity index (χ0n) is 14.6. The van der Waals surface area contributed by atoms with Crippen molar-refractivity contribution in [1.82, 2.24) is 14.7 Å². The minimum absolute atomic E-state index is 0.0488. The van der Waals surface area contributed by atoms with E-state index >= 15 is 0 Å². The summed E-state index contributed by atoms with van der Waals surface area (Å²) in [6, 6.07) is 12.0. The second-order valence-corrected chi connectivity index (χ2v) is 6.46. The van der Waals surface area contributed by atoms with Gasteiger partial charge in [-0.25, -0.2) is 0 Å². The van der Waals surface area contributed by atoms with Crippen molar-refractivity contribution in [2.75, 3.05) is 13.7 Å². The fourth-order valence-corrected chi connectivity index (χ4v) is 3.53. The number of aromatic nitrogens is 2. The molecule has 1 fully saturated rings. The molecule has 0 unspecified atom stereocenters. The first-order chi connectivity index (χ1) is 11.6. The number of carbonyl (C=O) groups is 1. The van der Waals surface area contributed by atoms with Crippen molar-refractivity contribution in [3.63, 3.8) is 0 Å². The molecule has 1 amide bonds. The molecule has 24 heavy (non-hydrogen) atoms. The third-order valence-corrected chi connectivity index (χ3v) is 4.71. The van der Waals surface area contributed by atoms with Crippen LogP contribution in [0.15, 0.2) is 36.4 Å². The standard InChI is InChI=1S/C19H25N3O2/c1-14-12-15(2)22(20-14)13-17-10-7-11-21(17)19(23)18(24-3)16-8-5-4-6-9-16/h4-6,8-9,12,17-18H,7,10-11,13H2,1-3H3/t17-,18+/m0/s1. The van der Waals surface area contributed by atoms with E-state index in [-0.39, 0.29) is 11.9 Å². The van der Waals surface area contributed by atoms with Gasteiger partial charge in [-0.05, 0) is 38.3 Å². The maximum atomic E-state index is 13.0. The molecule has 2 atom stereocenters. The molecule has 5 heteroatoms. The van der Waals surface area contributed by atoms with Gasteiger partial charge in [0.05, 0.1) is 18.3 Å². The number of carbonyl (C=O) groups excluding carboxylic acids is 1. The van der Waals surface area contributed by atoms with Crippen LogP contribution in [-0.4, -0.2) is 40.3 Å². The smallest absolute Gasteiger partial charge is 0.256 e. The van der Waals surface area contributed by atoms with E-state index in [1.807, 2.05) is 46.8 Å². The molecule has 3 rings (SSSR count). The van der Waals surface area contributed by atoms with E-state index < -0.39 is 6.10 Å². The number of nitrogens with zero attached hydrogens (tertiary/aromatic N) is 3. The normalized spacial score (nSPS) is 18.8. The predicted octanol–water partition coefficient (Wildman–Crippen LogP) is 2.88. The van der Waals surface area contributed by atoms with E-state index in [9.17, 15) is 4.79 Å². The van der Waals surface area contributed by atoms with Crippen LogP contribution in [0, 0.1) is 13.8 Å². The average molecular weight is 327 g/mol. The van der Waals surface area contributed by atoms with E-state index in [0.717, 1.165) is 42.9 Å². The van der Waals surface area contributed by atoms with Crippen LogP contribution in [0.2, 0.25) is 0 Å².